The lowest BCUT2D eigenvalue weighted by Crippen LogP contribution is -2.23. The van der Waals surface area contributed by atoms with Crippen LogP contribution in [-0.2, 0) is 6.54 Å². The van der Waals surface area contributed by atoms with Crippen LogP contribution in [0.15, 0.2) is 71.3 Å². The number of aryl methyl sites for hydroxylation is 1. The number of pyridine rings is 1. The van der Waals surface area contributed by atoms with Gasteiger partial charge < -0.3 is 9.73 Å². The van der Waals surface area contributed by atoms with Gasteiger partial charge in [0.2, 0.25) is 0 Å². The lowest BCUT2D eigenvalue weighted by Gasteiger charge is -2.11. The molecular weight excluding hydrogens is 360 g/mol. The van der Waals surface area contributed by atoms with Crippen LogP contribution in [0.3, 0.4) is 0 Å². The lowest BCUT2D eigenvalue weighted by molar-refractivity contribution is 0.0949. The summed E-state index contributed by atoms with van der Waals surface area (Å²) in [6, 6.07) is 18.8. The number of carbonyl (C=O) groups excluding carboxylic acids is 1. The first-order valence-electron chi connectivity index (χ1n) is 8.59. The maximum atomic E-state index is 12.9. The third-order valence-corrected chi connectivity index (χ3v) is 4.69. The van der Waals surface area contributed by atoms with Gasteiger partial charge in [0.15, 0.2) is 0 Å². The van der Waals surface area contributed by atoms with E-state index in [4.69, 9.17) is 21.0 Å². The van der Waals surface area contributed by atoms with Crippen LogP contribution in [0, 0.1) is 6.92 Å². The Morgan fingerprint density at radius 2 is 1.96 bits per heavy atom. The number of nitrogens with one attached hydrogen (secondary N) is 1. The summed E-state index contributed by atoms with van der Waals surface area (Å²) >= 11 is 6.34. The number of furan rings is 1. The normalized spacial score (nSPS) is 10.9. The van der Waals surface area contributed by atoms with Gasteiger partial charge >= 0.3 is 0 Å². The molecule has 0 atom stereocenters. The summed E-state index contributed by atoms with van der Waals surface area (Å²) in [5.74, 6) is 0.516. The molecule has 4 aromatic rings. The zero-order chi connectivity index (χ0) is 18.8. The fourth-order valence-corrected chi connectivity index (χ4v) is 3.24. The standard InChI is InChI=1S/C22H17ClN2O2/c1-14-8-9-20-17(11-14)18(22(26)24-13-15-5-4-10-27-15)12-21(25-20)16-6-2-3-7-19(16)23/h2-12H,13H2,1H3,(H,24,26). The molecule has 0 unspecified atom stereocenters. The molecule has 0 saturated heterocycles. The Kier molecular flexibility index (Phi) is 4.65. The molecule has 2 aromatic heterocycles. The van der Waals surface area contributed by atoms with Crippen molar-refractivity contribution in [1.29, 1.82) is 0 Å². The van der Waals surface area contributed by atoms with Gasteiger partial charge in [-0.25, -0.2) is 4.98 Å². The van der Waals surface area contributed by atoms with Crippen molar-refractivity contribution in [1.82, 2.24) is 10.3 Å². The molecule has 5 heteroatoms. The fraction of sp³-hybridized carbons (Fsp3) is 0.0909. The topological polar surface area (TPSA) is 55.1 Å². The minimum Gasteiger partial charge on any atom is -0.467 e. The minimum absolute atomic E-state index is 0.183. The summed E-state index contributed by atoms with van der Waals surface area (Å²) in [4.78, 5) is 17.6. The minimum atomic E-state index is -0.183. The lowest BCUT2D eigenvalue weighted by atomic mass is 10.0. The number of aromatic nitrogens is 1. The summed E-state index contributed by atoms with van der Waals surface area (Å²) in [6.45, 7) is 2.31. The number of carbonyl (C=O) groups is 1. The summed E-state index contributed by atoms with van der Waals surface area (Å²) in [7, 11) is 0. The van der Waals surface area contributed by atoms with E-state index in [1.165, 1.54) is 0 Å². The Balaban J connectivity index is 1.80. The van der Waals surface area contributed by atoms with Crippen LogP contribution < -0.4 is 5.32 Å². The monoisotopic (exact) mass is 376 g/mol. The first kappa shape index (κ1) is 17.3. The number of hydrogen-bond donors (Lipinski definition) is 1. The van der Waals surface area contributed by atoms with E-state index < -0.39 is 0 Å². The molecule has 4 rings (SSSR count). The number of rotatable bonds is 4. The third kappa shape index (κ3) is 3.57. The smallest absolute Gasteiger partial charge is 0.252 e. The average molecular weight is 377 g/mol. The molecule has 0 radical (unpaired) electrons. The number of hydrogen-bond acceptors (Lipinski definition) is 3. The fourth-order valence-electron chi connectivity index (χ4n) is 3.01. The highest BCUT2D eigenvalue weighted by atomic mass is 35.5. The average Bonchev–Trinajstić information content (AvgIpc) is 3.19. The number of nitrogens with zero attached hydrogens (tertiary/aromatic N) is 1. The van der Waals surface area contributed by atoms with Crippen molar-refractivity contribution in [2.24, 2.45) is 0 Å². The molecule has 4 nitrogen and oxygen atoms in total. The largest absolute Gasteiger partial charge is 0.467 e. The summed E-state index contributed by atoms with van der Waals surface area (Å²) in [5.41, 5.74) is 3.84. The number of fused-ring (bicyclic) bond motifs is 1. The number of amides is 1. The Bertz CT molecular complexity index is 1120. The zero-order valence-corrected chi connectivity index (χ0v) is 15.5. The van der Waals surface area contributed by atoms with E-state index >= 15 is 0 Å². The van der Waals surface area contributed by atoms with Crippen LogP contribution >= 0.6 is 11.6 Å². The van der Waals surface area contributed by atoms with Gasteiger partial charge in [-0.2, -0.15) is 0 Å². The van der Waals surface area contributed by atoms with Crippen LogP contribution in [0.25, 0.3) is 22.2 Å². The molecule has 0 aliphatic heterocycles. The Hall–Kier alpha value is -3.11. The third-order valence-electron chi connectivity index (χ3n) is 4.36. The van der Waals surface area contributed by atoms with Crippen molar-refractivity contribution in [3.63, 3.8) is 0 Å². The van der Waals surface area contributed by atoms with Gasteiger partial charge in [-0.3, -0.25) is 4.79 Å². The van der Waals surface area contributed by atoms with Gasteiger partial charge in [0.25, 0.3) is 5.91 Å². The van der Waals surface area contributed by atoms with Gasteiger partial charge in [-0.1, -0.05) is 41.4 Å². The molecule has 0 saturated carbocycles. The van der Waals surface area contributed by atoms with Gasteiger partial charge in [-0.15, -0.1) is 0 Å². The van der Waals surface area contributed by atoms with Gasteiger partial charge in [0, 0.05) is 16.0 Å². The highest BCUT2D eigenvalue weighted by Gasteiger charge is 2.15. The number of halogens is 1. The quantitative estimate of drug-likeness (QED) is 0.519. The second kappa shape index (κ2) is 7.25. The van der Waals surface area contributed by atoms with Crippen molar-refractivity contribution >= 4 is 28.4 Å². The predicted molar refractivity (Wildman–Crippen MR) is 107 cm³/mol. The van der Waals surface area contributed by atoms with E-state index in [1.807, 2.05) is 55.5 Å². The molecule has 2 heterocycles. The van der Waals surface area contributed by atoms with Crippen molar-refractivity contribution in [3.8, 4) is 11.3 Å². The van der Waals surface area contributed by atoms with Crippen LogP contribution in [0.5, 0.6) is 0 Å². The Morgan fingerprint density at radius 1 is 1.11 bits per heavy atom. The van der Waals surface area contributed by atoms with E-state index in [-0.39, 0.29) is 5.91 Å². The SMILES string of the molecule is Cc1ccc2nc(-c3ccccc3Cl)cc(C(=O)NCc3ccco3)c2c1. The second-order valence-electron chi connectivity index (χ2n) is 6.32. The van der Waals surface area contributed by atoms with Crippen molar-refractivity contribution in [3.05, 3.63) is 88.8 Å². The second-order valence-corrected chi connectivity index (χ2v) is 6.72. The zero-order valence-electron chi connectivity index (χ0n) is 14.7. The predicted octanol–water partition coefficient (Wildman–Crippen LogP) is 5.39. The maximum absolute atomic E-state index is 12.9. The van der Waals surface area contributed by atoms with Crippen molar-refractivity contribution < 1.29 is 9.21 Å². The van der Waals surface area contributed by atoms with Gasteiger partial charge in [-0.05, 0) is 43.3 Å². The molecule has 1 amide bonds. The molecule has 0 spiro atoms. The summed E-state index contributed by atoms with van der Waals surface area (Å²) in [6.07, 6.45) is 1.59. The number of benzene rings is 2. The van der Waals surface area contributed by atoms with E-state index in [0.717, 1.165) is 22.0 Å². The maximum Gasteiger partial charge on any atom is 0.252 e. The van der Waals surface area contributed by atoms with E-state index in [0.29, 0.717) is 28.6 Å². The highest BCUT2D eigenvalue weighted by molar-refractivity contribution is 6.33. The van der Waals surface area contributed by atoms with Crippen molar-refractivity contribution in [2.45, 2.75) is 13.5 Å². The van der Waals surface area contributed by atoms with Crippen molar-refractivity contribution in [2.75, 3.05) is 0 Å². The Labute approximate surface area is 161 Å². The van der Waals surface area contributed by atoms with Crippen LogP contribution in [0.2, 0.25) is 5.02 Å². The first-order valence-corrected chi connectivity index (χ1v) is 8.96. The molecule has 1 N–H and O–H groups in total. The first-order chi connectivity index (χ1) is 13.1. The molecule has 0 aliphatic carbocycles. The molecule has 27 heavy (non-hydrogen) atoms. The van der Waals surface area contributed by atoms with Gasteiger partial charge in [0.1, 0.15) is 5.76 Å². The molecule has 0 fully saturated rings. The van der Waals surface area contributed by atoms with E-state index in [2.05, 4.69) is 5.32 Å². The molecule has 0 bridgehead atoms. The van der Waals surface area contributed by atoms with Crippen LogP contribution in [-0.4, -0.2) is 10.9 Å². The molecule has 0 aliphatic rings. The summed E-state index contributed by atoms with van der Waals surface area (Å²) < 4.78 is 5.29. The highest BCUT2D eigenvalue weighted by Crippen LogP contribution is 2.30. The van der Waals surface area contributed by atoms with Gasteiger partial charge in [0.05, 0.1) is 29.6 Å². The summed E-state index contributed by atoms with van der Waals surface area (Å²) in [5, 5.41) is 4.32. The van der Waals surface area contributed by atoms with Crippen LogP contribution in [0.1, 0.15) is 21.7 Å². The van der Waals surface area contributed by atoms with Crippen LogP contribution in [0.4, 0.5) is 0 Å². The molecular formula is C22H17ClN2O2. The van der Waals surface area contributed by atoms with E-state index in [1.54, 1.807) is 18.4 Å². The molecule has 2 aromatic carbocycles. The molecule has 134 valence electrons. The van der Waals surface area contributed by atoms with E-state index in [9.17, 15) is 4.79 Å². The Morgan fingerprint density at radius 3 is 2.74 bits per heavy atom.